The number of carbonyl (C=O) groups is 2. The second-order valence-corrected chi connectivity index (χ2v) is 10.7. The van der Waals surface area contributed by atoms with Crippen molar-refractivity contribution in [2.75, 3.05) is 26.2 Å². The van der Waals surface area contributed by atoms with Crippen LogP contribution >= 0.6 is 0 Å². The lowest BCUT2D eigenvalue weighted by Crippen LogP contribution is -2.50. The highest BCUT2D eigenvalue weighted by molar-refractivity contribution is 7.89. The number of amides is 1. The van der Waals surface area contributed by atoms with Crippen LogP contribution in [-0.2, 0) is 27.7 Å². The number of aryl methyl sites for hydroxylation is 4. The Morgan fingerprint density at radius 1 is 0.875 bits per heavy atom. The first kappa shape index (κ1) is 22.7. The quantitative estimate of drug-likeness (QED) is 0.628. The molecule has 1 heterocycles. The summed E-state index contributed by atoms with van der Waals surface area (Å²) < 4.78 is 27.5. The second-order valence-electron chi connectivity index (χ2n) is 8.81. The van der Waals surface area contributed by atoms with E-state index in [1.54, 1.807) is 24.0 Å². The van der Waals surface area contributed by atoms with Gasteiger partial charge >= 0.3 is 0 Å². The zero-order valence-electron chi connectivity index (χ0n) is 18.8. The smallest absolute Gasteiger partial charge is 0.243 e. The minimum atomic E-state index is -3.58. The van der Waals surface area contributed by atoms with E-state index in [1.807, 2.05) is 31.2 Å². The van der Waals surface area contributed by atoms with Crippen molar-refractivity contribution in [3.05, 3.63) is 64.2 Å². The first-order chi connectivity index (χ1) is 15.3. The van der Waals surface area contributed by atoms with Crippen molar-refractivity contribution in [3.63, 3.8) is 0 Å². The highest BCUT2D eigenvalue weighted by atomic mass is 32.2. The summed E-state index contributed by atoms with van der Waals surface area (Å²) in [6.45, 7) is 4.95. The molecule has 0 unspecified atom stereocenters. The summed E-state index contributed by atoms with van der Waals surface area (Å²) in [7, 11) is -3.58. The summed E-state index contributed by atoms with van der Waals surface area (Å²) in [5.74, 6) is -0.104. The molecule has 2 aromatic rings. The van der Waals surface area contributed by atoms with E-state index in [2.05, 4.69) is 0 Å². The third-order valence-electron chi connectivity index (χ3n) is 6.53. The molecule has 1 aliphatic carbocycles. The van der Waals surface area contributed by atoms with Gasteiger partial charge in [-0.1, -0.05) is 29.8 Å². The van der Waals surface area contributed by atoms with Crippen LogP contribution in [-0.4, -0.2) is 55.5 Å². The van der Waals surface area contributed by atoms with E-state index >= 15 is 0 Å². The van der Waals surface area contributed by atoms with Crippen molar-refractivity contribution in [1.82, 2.24) is 9.21 Å². The van der Waals surface area contributed by atoms with Crippen molar-refractivity contribution in [2.24, 2.45) is 0 Å². The van der Waals surface area contributed by atoms with E-state index in [1.165, 1.54) is 15.4 Å². The lowest BCUT2D eigenvalue weighted by molar-refractivity contribution is -0.132. The van der Waals surface area contributed by atoms with Crippen LogP contribution in [0.4, 0.5) is 0 Å². The largest absolute Gasteiger partial charge is 0.340 e. The zero-order chi connectivity index (χ0) is 22.9. The Balaban J connectivity index is 1.31. The van der Waals surface area contributed by atoms with E-state index in [0.717, 1.165) is 30.4 Å². The summed E-state index contributed by atoms with van der Waals surface area (Å²) in [6, 6.07) is 11.2. The van der Waals surface area contributed by atoms with Crippen LogP contribution in [0.15, 0.2) is 41.3 Å². The maximum absolute atomic E-state index is 13.0. The molecule has 4 rings (SSSR count). The van der Waals surface area contributed by atoms with Crippen molar-refractivity contribution in [2.45, 2.75) is 50.8 Å². The van der Waals surface area contributed by atoms with Crippen molar-refractivity contribution in [1.29, 1.82) is 0 Å². The molecule has 1 saturated heterocycles. The monoisotopic (exact) mass is 454 g/mol. The Morgan fingerprint density at radius 3 is 2.31 bits per heavy atom. The van der Waals surface area contributed by atoms with Gasteiger partial charge in [-0.25, -0.2) is 8.42 Å². The van der Waals surface area contributed by atoms with Crippen LogP contribution < -0.4 is 0 Å². The predicted molar refractivity (Wildman–Crippen MR) is 123 cm³/mol. The van der Waals surface area contributed by atoms with Crippen LogP contribution in [0.2, 0.25) is 0 Å². The van der Waals surface area contributed by atoms with Gasteiger partial charge < -0.3 is 4.90 Å². The van der Waals surface area contributed by atoms with Crippen molar-refractivity contribution in [3.8, 4) is 0 Å². The molecule has 2 aromatic carbocycles. The summed E-state index contributed by atoms with van der Waals surface area (Å²) in [6.07, 6.45) is 3.56. The highest BCUT2D eigenvalue weighted by Gasteiger charge is 2.31. The second kappa shape index (κ2) is 9.16. The first-order valence-electron chi connectivity index (χ1n) is 11.3. The van der Waals surface area contributed by atoms with Crippen LogP contribution in [0.3, 0.4) is 0 Å². The number of ketones is 1. The van der Waals surface area contributed by atoms with Crippen LogP contribution in [0, 0.1) is 13.8 Å². The number of rotatable bonds is 6. The number of nitrogens with zero attached hydrogens (tertiary/aromatic N) is 2. The first-order valence-corrected chi connectivity index (χ1v) is 12.7. The van der Waals surface area contributed by atoms with Gasteiger partial charge in [-0.15, -0.1) is 0 Å². The van der Waals surface area contributed by atoms with E-state index in [4.69, 9.17) is 0 Å². The summed E-state index contributed by atoms with van der Waals surface area (Å²) in [5.41, 5.74) is 5.01. The molecule has 1 aliphatic heterocycles. The minimum Gasteiger partial charge on any atom is -0.340 e. The molecule has 6 nitrogen and oxygen atoms in total. The van der Waals surface area contributed by atoms with Crippen molar-refractivity contribution < 1.29 is 18.0 Å². The highest BCUT2D eigenvalue weighted by Crippen LogP contribution is 2.24. The molecule has 7 heteroatoms. The molecule has 0 bridgehead atoms. The molecular formula is C25H30N2O4S. The maximum atomic E-state index is 13.0. The van der Waals surface area contributed by atoms with E-state index in [9.17, 15) is 18.0 Å². The van der Waals surface area contributed by atoms with Gasteiger partial charge in [0.25, 0.3) is 0 Å². The zero-order valence-corrected chi connectivity index (χ0v) is 19.6. The molecular weight excluding hydrogens is 424 g/mol. The molecule has 1 amide bonds. The molecule has 0 saturated carbocycles. The number of Topliss-reactive ketones (excluding diaryl/α,β-unsaturated/α-hetero) is 1. The SMILES string of the molecule is Cc1ccc(S(=O)(=O)N2CCN(C(=O)CCC(=O)c3ccc4c(c3)CCC4)CC2)c(C)c1. The lowest BCUT2D eigenvalue weighted by Gasteiger charge is -2.34. The Labute approximate surface area is 190 Å². The number of sulfonamides is 1. The van der Waals surface area contributed by atoms with E-state index in [-0.39, 0.29) is 37.6 Å². The number of hydrogen-bond acceptors (Lipinski definition) is 4. The van der Waals surface area contributed by atoms with Gasteiger partial charge in [-0.3, -0.25) is 9.59 Å². The molecule has 0 radical (unpaired) electrons. The third kappa shape index (κ3) is 4.64. The molecule has 32 heavy (non-hydrogen) atoms. The summed E-state index contributed by atoms with van der Waals surface area (Å²) in [5, 5.41) is 0. The Morgan fingerprint density at radius 2 is 1.59 bits per heavy atom. The fourth-order valence-corrected chi connectivity index (χ4v) is 6.30. The van der Waals surface area contributed by atoms with Gasteiger partial charge in [0.2, 0.25) is 15.9 Å². The normalized spacial score (nSPS) is 16.8. The minimum absolute atomic E-state index is 0.0101. The molecule has 0 spiro atoms. The van der Waals surface area contributed by atoms with E-state index < -0.39 is 10.0 Å². The number of benzene rings is 2. The predicted octanol–water partition coefficient (Wildman–Crippen LogP) is 3.29. The number of fused-ring (bicyclic) bond motifs is 1. The Hall–Kier alpha value is -2.51. The van der Waals surface area contributed by atoms with Crippen molar-refractivity contribution >= 4 is 21.7 Å². The number of carbonyl (C=O) groups excluding carboxylic acids is 2. The average molecular weight is 455 g/mol. The number of piperazine rings is 1. The fraction of sp³-hybridized carbons (Fsp3) is 0.440. The summed E-state index contributed by atoms with van der Waals surface area (Å²) in [4.78, 5) is 27.2. The Kier molecular flexibility index (Phi) is 6.49. The van der Waals surface area contributed by atoms with Crippen LogP contribution in [0.1, 0.15) is 51.9 Å². The van der Waals surface area contributed by atoms with Gasteiger partial charge in [0.15, 0.2) is 5.78 Å². The molecule has 1 fully saturated rings. The van der Waals surface area contributed by atoms with Crippen LogP contribution in [0.25, 0.3) is 0 Å². The van der Waals surface area contributed by atoms with Gasteiger partial charge in [0.1, 0.15) is 0 Å². The van der Waals surface area contributed by atoms with Gasteiger partial charge in [0, 0.05) is 44.6 Å². The Bertz CT molecular complexity index is 1150. The van der Waals surface area contributed by atoms with Crippen LogP contribution in [0.5, 0.6) is 0 Å². The average Bonchev–Trinajstić information content (AvgIpc) is 3.25. The summed E-state index contributed by atoms with van der Waals surface area (Å²) >= 11 is 0. The molecule has 170 valence electrons. The van der Waals surface area contributed by atoms with E-state index in [0.29, 0.717) is 23.5 Å². The third-order valence-corrected chi connectivity index (χ3v) is 8.58. The van der Waals surface area contributed by atoms with Gasteiger partial charge in [-0.05, 0) is 61.9 Å². The maximum Gasteiger partial charge on any atom is 0.243 e. The molecule has 0 aromatic heterocycles. The lowest BCUT2D eigenvalue weighted by atomic mass is 10.0. The fourth-order valence-electron chi connectivity index (χ4n) is 4.67. The standard InChI is InChI=1S/C25H30N2O4S/c1-18-6-10-24(19(2)16-18)32(30,31)27-14-12-26(13-15-27)25(29)11-9-23(28)22-8-7-20-4-3-5-21(20)17-22/h6-8,10,16-17H,3-5,9,11-15H2,1-2H3. The molecule has 2 aliphatic rings. The van der Waals surface area contributed by atoms with Gasteiger partial charge in [-0.2, -0.15) is 4.31 Å². The topological polar surface area (TPSA) is 74.8 Å². The molecule has 0 atom stereocenters. The molecule has 0 N–H and O–H groups in total. The number of hydrogen-bond donors (Lipinski definition) is 0. The van der Waals surface area contributed by atoms with Gasteiger partial charge in [0.05, 0.1) is 4.90 Å².